The van der Waals surface area contributed by atoms with Crippen molar-refractivity contribution in [1.29, 1.82) is 0 Å². The first kappa shape index (κ1) is 17.4. The van der Waals surface area contributed by atoms with Crippen molar-refractivity contribution in [2.45, 2.75) is 38.1 Å². The molecule has 0 heterocycles. The number of hydrogen-bond acceptors (Lipinski definition) is 3. The summed E-state index contributed by atoms with van der Waals surface area (Å²) >= 11 is 0. The number of amides is 2. The van der Waals surface area contributed by atoms with Crippen LogP contribution in [0.25, 0.3) is 0 Å². The molecule has 2 unspecified atom stereocenters. The molecule has 1 aliphatic carbocycles. The summed E-state index contributed by atoms with van der Waals surface area (Å²) in [6.07, 6.45) is -1.67. The zero-order valence-electron chi connectivity index (χ0n) is 12.4. The number of aliphatic hydroxyl groups is 1. The Morgan fingerprint density at radius 3 is 2.57 bits per heavy atom. The van der Waals surface area contributed by atoms with Gasteiger partial charge in [-0.3, -0.25) is 0 Å². The average molecular weight is 332 g/mol. The van der Waals surface area contributed by atoms with E-state index in [-0.39, 0.29) is 17.8 Å². The van der Waals surface area contributed by atoms with Gasteiger partial charge in [-0.15, -0.1) is 13.2 Å². The van der Waals surface area contributed by atoms with E-state index in [4.69, 9.17) is 0 Å². The minimum atomic E-state index is -4.74. The summed E-state index contributed by atoms with van der Waals surface area (Å²) in [5.41, 5.74) is 0.362. The van der Waals surface area contributed by atoms with Crippen molar-refractivity contribution in [1.82, 2.24) is 5.32 Å². The summed E-state index contributed by atoms with van der Waals surface area (Å²) in [7, 11) is 0. The van der Waals surface area contributed by atoms with Crippen LogP contribution >= 0.6 is 0 Å². The lowest BCUT2D eigenvalue weighted by molar-refractivity contribution is -0.274. The van der Waals surface area contributed by atoms with Crippen LogP contribution in [0.5, 0.6) is 5.75 Å². The summed E-state index contributed by atoms with van der Waals surface area (Å²) in [5.74, 6) is -0.105. The number of halogens is 3. The molecule has 2 amide bonds. The van der Waals surface area contributed by atoms with E-state index in [2.05, 4.69) is 15.4 Å². The quantitative estimate of drug-likeness (QED) is 0.792. The molecule has 23 heavy (non-hydrogen) atoms. The monoisotopic (exact) mass is 332 g/mol. The highest BCUT2D eigenvalue weighted by atomic mass is 19.4. The summed E-state index contributed by atoms with van der Waals surface area (Å²) in [6, 6.07) is 4.46. The molecule has 5 nitrogen and oxygen atoms in total. The van der Waals surface area contributed by atoms with Crippen molar-refractivity contribution in [2.24, 2.45) is 5.92 Å². The number of urea groups is 1. The molecule has 0 radical (unpaired) electrons. The van der Waals surface area contributed by atoms with Gasteiger partial charge in [-0.1, -0.05) is 6.42 Å². The van der Waals surface area contributed by atoms with E-state index < -0.39 is 12.4 Å². The molecule has 3 N–H and O–H groups in total. The van der Waals surface area contributed by atoms with Crippen LogP contribution in [0.4, 0.5) is 23.7 Å². The van der Waals surface area contributed by atoms with E-state index in [1.165, 1.54) is 12.1 Å². The van der Waals surface area contributed by atoms with E-state index in [1.54, 1.807) is 0 Å². The molecule has 0 aromatic heterocycles. The Bertz CT molecular complexity index is 520. The minimum Gasteiger partial charge on any atom is -0.406 e. The Balaban J connectivity index is 1.76. The molecule has 0 spiro atoms. The van der Waals surface area contributed by atoms with Crippen LogP contribution < -0.4 is 15.4 Å². The summed E-state index contributed by atoms with van der Waals surface area (Å²) < 4.78 is 39.9. The molecule has 1 aliphatic rings. The third-order valence-corrected chi connectivity index (χ3v) is 3.65. The highest BCUT2D eigenvalue weighted by Crippen LogP contribution is 2.24. The van der Waals surface area contributed by atoms with Gasteiger partial charge in [-0.05, 0) is 49.4 Å². The van der Waals surface area contributed by atoms with Gasteiger partial charge in [0.25, 0.3) is 0 Å². The zero-order valence-corrected chi connectivity index (χ0v) is 12.4. The van der Waals surface area contributed by atoms with Gasteiger partial charge in [0.15, 0.2) is 0 Å². The third-order valence-electron chi connectivity index (χ3n) is 3.65. The van der Waals surface area contributed by atoms with E-state index in [0.717, 1.165) is 31.4 Å². The Kier molecular flexibility index (Phi) is 5.70. The van der Waals surface area contributed by atoms with Crippen molar-refractivity contribution >= 4 is 11.7 Å². The lowest BCUT2D eigenvalue weighted by atomic mass is 9.87. The van der Waals surface area contributed by atoms with Crippen molar-refractivity contribution in [3.05, 3.63) is 24.3 Å². The molecule has 2 rings (SSSR count). The van der Waals surface area contributed by atoms with Gasteiger partial charge in [-0.2, -0.15) is 0 Å². The van der Waals surface area contributed by atoms with Gasteiger partial charge < -0.3 is 20.5 Å². The van der Waals surface area contributed by atoms with Gasteiger partial charge in [0, 0.05) is 12.2 Å². The van der Waals surface area contributed by atoms with Crippen LogP contribution in [0.3, 0.4) is 0 Å². The highest BCUT2D eigenvalue weighted by molar-refractivity contribution is 5.89. The maximum Gasteiger partial charge on any atom is 0.573 e. The largest absolute Gasteiger partial charge is 0.573 e. The van der Waals surface area contributed by atoms with Crippen molar-refractivity contribution in [3.8, 4) is 5.75 Å². The van der Waals surface area contributed by atoms with E-state index in [1.807, 2.05) is 0 Å². The number of anilines is 1. The van der Waals surface area contributed by atoms with Crippen LogP contribution in [0.1, 0.15) is 25.7 Å². The molecule has 1 fully saturated rings. The number of aliphatic hydroxyl groups excluding tert-OH is 1. The van der Waals surface area contributed by atoms with Gasteiger partial charge in [-0.25, -0.2) is 4.79 Å². The fourth-order valence-electron chi connectivity index (χ4n) is 2.60. The van der Waals surface area contributed by atoms with Crippen LogP contribution in [-0.2, 0) is 0 Å². The Labute approximate surface area is 131 Å². The Hall–Kier alpha value is -1.96. The van der Waals surface area contributed by atoms with Gasteiger partial charge in [0.2, 0.25) is 0 Å². The first-order valence-electron chi connectivity index (χ1n) is 7.40. The number of ether oxygens (including phenoxy) is 1. The highest BCUT2D eigenvalue weighted by Gasteiger charge is 2.31. The molecule has 1 aromatic carbocycles. The average Bonchev–Trinajstić information content (AvgIpc) is 2.46. The Morgan fingerprint density at radius 2 is 1.96 bits per heavy atom. The second-order valence-electron chi connectivity index (χ2n) is 5.59. The zero-order chi connectivity index (χ0) is 16.9. The summed E-state index contributed by atoms with van der Waals surface area (Å²) in [4.78, 5) is 11.8. The molecular formula is C15H19F3N2O3. The molecule has 8 heteroatoms. The summed E-state index contributed by atoms with van der Waals surface area (Å²) in [6.45, 7) is 0.457. The number of hydrogen-bond donors (Lipinski definition) is 3. The lowest BCUT2D eigenvalue weighted by Gasteiger charge is -2.25. The fraction of sp³-hybridized carbons (Fsp3) is 0.533. The maximum absolute atomic E-state index is 12.0. The van der Waals surface area contributed by atoms with E-state index in [9.17, 15) is 23.1 Å². The van der Waals surface area contributed by atoms with E-state index >= 15 is 0 Å². The Morgan fingerprint density at radius 1 is 1.26 bits per heavy atom. The fourth-order valence-corrected chi connectivity index (χ4v) is 2.60. The second-order valence-corrected chi connectivity index (χ2v) is 5.59. The van der Waals surface area contributed by atoms with E-state index in [0.29, 0.717) is 18.7 Å². The number of alkyl halides is 3. The van der Waals surface area contributed by atoms with Crippen molar-refractivity contribution < 1.29 is 27.8 Å². The van der Waals surface area contributed by atoms with Crippen LogP contribution in [0, 0.1) is 5.92 Å². The standard InChI is InChI=1S/C15H19F3N2O3/c16-15(17,18)23-13-6-4-11(5-7-13)20-14(22)19-9-10-2-1-3-12(21)8-10/h4-7,10,12,21H,1-3,8-9H2,(H2,19,20,22). The topological polar surface area (TPSA) is 70.6 Å². The molecule has 0 saturated heterocycles. The number of benzene rings is 1. The number of carbonyl (C=O) groups is 1. The van der Waals surface area contributed by atoms with Gasteiger partial charge in [0.1, 0.15) is 5.75 Å². The smallest absolute Gasteiger partial charge is 0.406 e. The first-order chi connectivity index (χ1) is 10.8. The molecule has 128 valence electrons. The first-order valence-corrected chi connectivity index (χ1v) is 7.40. The van der Waals surface area contributed by atoms with Crippen molar-refractivity contribution in [2.75, 3.05) is 11.9 Å². The van der Waals surface area contributed by atoms with Crippen molar-refractivity contribution in [3.63, 3.8) is 0 Å². The SMILES string of the molecule is O=C(NCC1CCCC(O)C1)Nc1ccc(OC(F)(F)F)cc1. The van der Waals surface area contributed by atoms with Crippen LogP contribution in [0.15, 0.2) is 24.3 Å². The molecule has 0 bridgehead atoms. The minimum absolute atomic E-state index is 0.243. The van der Waals surface area contributed by atoms with Gasteiger partial charge >= 0.3 is 12.4 Å². The summed E-state index contributed by atoms with van der Waals surface area (Å²) in [5, 5.41) is 14.8. The number of carbonyl (C=O) groups excluding carboxylic acids is 1. The van der Waals surface area contributed by atoms with Crippen LogP contribution in [0.2, 0.25) is 0 Å². The predicted molar refractivity (Wildman–Crippen MR) is 78.1 cm³/mol. The number of nitrogens with one attached hydrogen (secondary N) is 2. The normalized spacial score (nSPS) is 21.6. The predicted octanol–water partition coefficient (Wildman–Crippen LogP) is 3.26. The van der Waals surface area contributed by atoms with Gasteiger partial charge in [0.05, 0.1) is 6.10 Å². The third kappa shape index (κ3) is 6.35. The lowest BCUT2D eigenvalue weighted by Crippen LogP contribution is -2.35. The molecule has 2 atom stereocenters. The number of rotatable bonds is 4. The molecule has 1 saturated carbocycles. The van der Waals surface area contributed by atoms with Crippen LogP contribution in [-0.4, -0.2) is 30.1 Å². The maximum atomic E-state index is 12.0. The molecular weight excluding hydrogens is 313 g/mol. The molecule has 1 aromatic rings. The second kappa shape index (κ2) is 7.54. The molecule has 0 aliphatic heterocycles.